The third-order valence-corrected chi connectivity index (χ3v) is 5.19. The summed E-state index contributed by atoms with van der Waals surface area (Å²) in [5.74, 6) is 1.38. The van der Waals surface area contributed by atoms with Crippen molar-refractivity contribution in [2.24, 2.45) is 0 Å². The maximum Gasteiger partial charge on any atom is 0.258 e. The zero-order valence-corrected chi connectivity index (χ0v) is 16.9. The van der Waals surface area contributed by atoms with Gasteiger partial charge in [-0.15, -0.1) is 0 Å². The van der Waals surface area contributed by atoms with Gasteiger partial charge in [0, 0.05) is 25.2 Å². The first kappa shape index (κ1) is 19.8. The lowest BCUT2D eigenvalue weighted by atomic mass is 10.1. The van der Waals surface area contributed by atoms with Crippen molar-refractivity contribution in [3.8, 4) is 11.5 Å². The maximum absolute atomic E-state index is 12.2. The van der Waals surface area contributed by atoms with Crippen LogP contribution in [-0.4, -0.2) is 32.1 Å². The van der Waals surface area contributed by atoms with Gasteiger partial charge in [0.25, 0.3) is 5.91 Å². The average Bonchev–Trinajstić information content (AvgIpc) is 3.22. The van der Waals surface area contributed by atoms with Crippen molar-refractivity contribution in [1.82, 2.24) is 5.32 Å². The molecule has 3 aromatic carbocycles. The van der Waals surface area contributed by atoms with E-state index >= 15 is 0 Å². The number of amides is 2. The Morgan fingerprint density at radius 1 is 1.00 bits per heavy atom. The highest BCUT2D eigenvalue weighted by molar-refractivity contribution is 5.95. The molecule has 1 aliphatic rings. The number of hydrogen-bond acceptors (Lipinski definition) is 4. The van der Waals surface area contributed by atoms with Crippen LogP contribution < -0.4 is 19.7 Å². The van der Waals surface area contributed by atoms with Crippen LogP contribution in [0.5, 0.6) is 11.5 Å². The monoisotopic (exact) mass is 404 g/mol. The average molecular weight is 404 g/mol. The van der Waals surface area contributed by atoms with E-state index in [0.29, 0.717) is 18.7 Å². The van der Waals surface area contributed by atoms with E-state index in [1.165, 1.54) is 0 Å². The van der Waals surface area contributed by atoms with Gasteiger partial charge in [-0.25, -0.2) is 0 Å². The van der Waals surface area contributed by atoms with Crippen LogP contribution in [0.4, 0.5) is 5.69 Å². The number of nitrogens with one attached hydrogen (secondary N) is 1. The van der Waals surface area contributed by atoms with Crippen LogP contribution in [0.15, 0.2) is 60.7 Å². The number of ether oxygens (including phenoxy) is 2. The molecule has 1 fully saturated rings. The summed E-state index contributed by atoms with van der Waals surface area (Å²) in [5.41, 5.74) is 1.88. The van der Waals surface area contributed by atoms with Gasteiger partial charge in [0.2, 0.25) is 5.91 Å². The highest BCUT2D eigenvalue weighted by atomic mass is 16.5. The van der Waals surface area contributed by atoms with Crippen molar-refractivity contribution in [3.05, 3.63) is 66.2 Å². The Labute approximate surface area is 175 Å². The molecule has 6 nitrogen and oxygen atoms in total. The lowest BCUT2D eigenvalue weighted by molar-refractivity contribution is -0.123. The molecule has 0 spiro atoms. The maximum atomic E-state index is 12.2. The fourth-order valence-corrected chi connectivity index (χ4v) is 3.55. The molecule has 3 aromatic rings. The number of methoxy groups -OCH3 is 1. The largest absolute Gasteiger partial charge is 0.497 e. The fourth-order valence-electron chi connectivity index (χ4n) is 3.55. The number of benzene rings is 3. The van der Waals surface area contributed by atoms with E-state index in [-0.39, 0.29) is 18.4 Å². The zero-order chi connectivity index (χ0) is 20.9. The molecule has 6 heteroatoms. The van der Waals surface area contributed by atoms with E-state index in [0.717, 1.165) is 40.7 Å². The second-order valence-electron chi connectivity index (χ2n) is 7.26. The van der Waals surface area contributed by atoms with Crippen molar-refractivity contribution >= 4 is 28.3 Å². The van der Waals surface area contributed by atoms with Crippen molar-refractivity contribution in [3.63, 3.8) is 0 Å². The lowest BCUT2D eigenvalue weighted by Crippen LogP contribution is -2.28. The Hall–Kier alpha value is -3.54. The predicted molar refractivity (Wildman–Crippen MR) is 116 cm³/mol. The van der Waals surface area contributed by atoms with E-state index in [4.69, 9.17) is 9.47 Å². The fraction of sp³-hybridized carbons (Fsp3) is 0.250. The third kappa shape index (κ3) is 4.54. The van der Waals surface area contributed by atoms with Gasteiger partial charge in [0.1, 0.15) is 11.5 Å². The topological polar surface area (TPSA) is 67.9 Å². The van der Waals surface area contributed by atoms with E-state index in [9.17, 15) is 9.59 Å². The first-order valence-electron chi connectivity index (χ1n) is 9.99. The number of carbonyl (C=O) groups is 2. The molecule has 0 bridgehead atoms. The first-order valence-corrected chi connectivity index (χ1v) is 9.99. The third-order valence-electron chi connectivity index (χ3n) is 5.19. The molecular formula is C24H24N2O4. The predicted octanol–water partition coefficient (Wildman–Crippen LogP) is 3.67. The van der Waals surface area contributed by atoms with Crippen LogP contribution >= 0.6 is 0 Å². The minimum absolute atomic E-state index is 0.0627. The molecule has 0 aliphatic carbocycles. The summed E-state index contributed by atoms with van der Waals surface area (Å²) >= 11 is 0. The molecule has 4 rings (SSSR count). The van der Waals surface area contributed by atoms with E-state index in [2.05, 4.69) is 5.32 Å². The van der Waals surface area contributed by atoms with Crippen LogP contribution in [0.2, 0.25) is 0 Å². The minimum Gasteiger partial charge on any atom is -0.497 e. The number of anilines is 1. The summed E-state index contributed by atoms with van der Waals surface area (Å²) in [4.78, 5) is 25.7. The van der Waals surface area contributed by atoms with Crippen LogP contribution in [0.1, 0.15) is 18.4 Å². The molecular weight excluding hydrogens is 380 g/mol. The Bertz CT molecular complexity index is 1060. The summed E-state index contributed by atoms with van der Waals surface area (Å²) in [6.07, 6.45) is 1.49. The van der Waals surface area contributed by atoms with E-state index in [1.807, 2.05) is 48.5 Å². The van der Waals surface area contributed by atoms with Crippen molar-refractivity contribution in [1.29, 1.82) is 0 Å². The molecule has 1 aliphatic heterocycles. The number of nitrogens with zero attached hydrogens (tertiary/aromatic N) is 1. The van der Waals surface area contributed by atoms with Gasteiger partial charge in [-0.1, -0.05) is 18.2 Å². The molecule has 0 unspecified atom stereocenters. The van der Waals surface area contributed by atoms with Gasteiger partial charge in [0.15, 0.2) is 6.61 Å². The summed E-state index contributed by atoms with van der Waals surface area (Å²) in [6.45, 7) is 1.12. The van der Waals surface area contributed by atoms with E-state index < -0.39 is 0 Å². The van der Waals surface area contributed by atoms with E-state index in [1.54, 1.807) is 24.1 Å². The molecule has 30 heavy (non-hydrogen) atoms. The van der Waals surface area contributed by atoms with Gasteiger partial charge in [-0.3, -0.25) is 9.59 Å². The van der Waals surface area contributed by atoms with Gasteiger partial charge >= 0.3 is 0 Å². The first-order chi connectivity index (χ1) is 14.6. The second kappa shape index (κ2) is 8.86. The van der Waals surface area contributed by atoms with Crippen molar-refractivity contribution in [2.75, 3.05) is 25.2 Å². The Kier molecular flexibility index (Phi) is 5.84. The SMILES string of the molecule is COc1ccc2cc(CNC(=O)COc3ccc(N4CCCC4=O)cc3)ccc2c1. The molecule has 154 valence electrons. The van der Waals surface area contributed by atoms with Crippen LogP contribution in [0.3, 0.4) is 0 Å². The highest BCUT2D eigenvalue weighted by Crippen LogP contribution is 2.24. The normalized spacial score (nSPS) is 13.5. The Morgan fingerprint density at radius 2 is 1.73 bits per heavy atom. The smallest absolute Gasteiger partial charge is 0.258 e. The Morgan fingerprint density at radius 3 is 2.47 bits per heavy atom. The van der Waals surface area contributed by atoms with Crippen molar-refractivity contribution in [2.45, 2.75) is 19.4 Å². The second-order valence-corrected chi connectivity index (χ2v) is 7.26. The summed E-state index contributed by atoms with van der Waals surface area (Å²) in [7, 11) is 1.65. The standard InChI is InChI=1S/C24H24N2O4/c1-29-22-9-6-18-13-17(4-5-19(18)14-22)15-25-23(27)16-30-21-10-7-20(8-11-21)26-12-2-3-24(26)28/h4-11,13-14H,2-3,12,15-16H2,1H3,(H,25,27). The summed E-state index contributed by atoms with van der Waals surface area (Å²) < 4.78 is 10.8. The molecule has 0 atom stereocenters. The Balaban J connectivity index is 1.27. The number of hydrogen-bond donors (Lipinski definition) is 1. The van der Waals surface area contributed by atoms with Crippen LogP contribution in [0.25, 0.3) is 10.8 Å². The van der Waals surface area contributed by atoms with Gasteiger partial charge in [-0.05, 0) is 65.2 Å². The van der Waals surface area contributed by atoms with Gasteiger partial charge in [-0.2, -0.15) is 0 Å². The molecule has 0 saturated carbocycles. The van der Waals surface area contributed by atoms with Crippen molar-refractivity contribution < 1.29 is 19.1 Å². The molecule has 0 radical (unpaired) electrons. The number of fused-ring (bicyclic) bond motifs is 1. The highest BCUT2D eigenvalue weighted by Gasteiger charge is 2.21. The molecule has 1 heterocycles. The lowest BCUT2D eigenvalue weighted by Gasteiger charge is -2.16. The van der Waals surface area contributed by atoms with Gasteiger partial charge < -0.3 is 19.7 Å². The number of rotatable bonds is 7. The molecule has 2 amide bonds. The molecule has 1 saturated heterocycles. The zero-order valence-electron chi connectivity index (χ0n) is 16.9. The quantitative estimate of drug-likeness (QED) is 0.652. The van der Waals surface area contributed by atoms with Gasteiger partial charge in [0.05, 0.1) is 7.11 Å². The summed E-state index contributed by atoms with van der Waals surface area (Å²) in [5, 5.41) is 5.06. The minimum atomic E-state index is -0.191. The molecule has 0 aromatic heterocycles. The number of carbonyl (C=O) groups excluding carboxylic acids is 2. The van der Waals surface area contributed by atoms with Crippen LogP contribution in [0, 0.1) is 0 Å². The summed E-state index contributed by atoms with van der Waals surface area (Å²) in [6, 6.07) is 19.2. The molecule has 1 N–H and O–H groups in total. The van der Waals surface area contributed by atoms with Crippen LogP contribution in [-0.2, 0) is 16.1 Å².